The Balaban J connectivity index is 2.04. The van der Waals surface area contributed by atoms with Gasteiger partial charge in [-0.2, -0.15) is 13.2 Å². The first kappa shape index (κ1) is 11.2. The molecule has 2 aliphatic carbocycles. The molecule has 2 rings (SSSR count). The molecule has 0 amide bonds. The fourth-order valence-electron chi connectivity index (χ4n) is 2.66. The third-order valence-electron chi connectivity index (χ3n) is 3.35. The van der Waals surface area contributed by atoms with Crippen LogP contribution < -0.4 is 4.72 Å². The molecule has 3 atom stereocenters. The molecule has 1 N–H and O–H groups in total. The highest BCUT2D eigenvalue weighted by molar-refractivity contribution is 7.90. The summed E-state index contributed by atoms with van der Waals surface area (Å²) in [5, 5.41) is 0. The molecule has 0 aliphatic heterocycles. The number of fused-ring (bicyclic) bond motifs is 2. The summed E-state index contributed by atoms with van der Waals surface area (Å²) in [6.07, 6.45) is 3.29. The van der Waals surface area contributed by atoms with Gasteiger partial charge in [-0.05, 0) is 31.1 Å². The van der Waals surface area contributed by atoms with E-state index in [0.717, 1.165) is 19.3 Å². The Labute approximate surface area is 86.1 Å². The molecular weight excluding hydrogens is 231 g/mol. The van der Waals surface area contributed by atoms with Gasteiger partial charge in [0.25, 0.3) is 0 Å². The van der Waals surface area contributed by atoms with Gasteiger partial charge in [-0.1, -0.05) is 6.42 Å². The van der Waals surface area contributed by atoms with Crippen LogP contribution in [0.1, 0.15) is 25.7 Å². The second-order valence-electron chi connectivity index (χ2n) is 4.35. The van der Waals surface area contributed by atoms with E-state index in [-0.39, 0.29) is 5.92 Å². The zero-order valence-corrected chi connectivity index (χ0v) is 8.74. The smallest absolute Gasteiger partial charge is 0.204 e. The van der Waals surface area contributed by atoms with Gasteiger partial charge in [0.15, 0.2) is 0 Å². The lowest BCUT2D eigenvalue weighted by Gasteiger charge is -2.23. The topological polar surface area (TPSA) is 46.2 Å². The largest absolute Gasteiger partial charge is 0.511 e. The predicted molar refractivity (Wildman–Crippen MR) is 47.3 cm³/mol. The van der Waals surface area contributed by atoms with Crippen molar-refractivity contribution >= 4 is 10.0 Å². The number of sulfonamides is 1. The Kier molecular flexibility index (Phi) is 2.50. The Morgan fingerprint density at radius 2 is 1.80 bits per heavy atom. The van der Waals surface area contributed by atoms with Crippen molar-refractivity contribution in [2.24, 2.45) is 11.8 Å². The van der Waals surface area contributed by atoms with Crippen LogP contribution in [-0.2, 0) is 10.0 Å². The number of hydrogen-bond acceptors (Lipinski definition) is 2. The van der Waals surface area contributed by atoms with Crippen LogP contribution >= 0.6 is 0 Å². The van der Waals surface area contributed by atoms with Gasteiger partial charge >= 0.3 is 15.5 Å². The fourth-order valence-corrected chi connectivity index (χ4v) is 3.48. The number of alkyl halides is 3. The normalized spacial score (nSPS) is 36.1. The van der Waals surface area contributed by atoms with Crippen molar-refractivity contribution in [3.8, 4) is 0 Å². The summed E-state index contributed by atoms with van der Waals surface area (Å²) in [5.41, 5.74) is -5.19. The molecule has 15 heavy (non-hydrogen) atoms. The molecule has 2 saturated carbocycles. The molecule has 0 spiro atoms. The summed E-state index contributed by atoms with van der Waals surface area (Å²) >= 11 is 0. The van der Waals surface area contributed by atoms with Crippen LogP contribution in [-0.4, -0.2) is 20.0 Å². The summed E-state index contributed by atoms with van der Waals surface area (Å²) in [6, 6.07) is -0.504. The minimum Gasteiger partial charge on any atom is -0.204 e. The monoisotopic (exact) mass is 243 g/mol. The van der Waals surface area contributed by atoms with Crippen molar-refractivity contribution in [1.82, 2.24) is 4.72 Å². The van der Waals surface area contributed by atoms with Gasteiger partial charge in [0.1, 0.15) is 0 Å². The lowest BCUT2D eigenvalue weighted by atomic mass is 9.96. The Morgan fingerprint density at radius 1 is 1.13 bits per heavy atom. The molecule has 0 aromatic heterocycles. The van der Waals surface area contributed by atoms with Crippen LogP contribution in [0, 0.1) is 11.8 Å². The van der Waals surface area contributed by atoms with Crippen LogP contribution in [0.3, 0.4) is 0 Å². The zero-order chi connectivity index (χ0) is 11.3. The highest BCUT2D eigenvalue weighted by atomic mass is 32.2. The lowest BCUT2D eigenvalue weighted by Crippen LogP contribution is -2.44. The molecule has 2 aliphatic rings. The van der Waals surface area contributed by atoms with E-state index in [0.29, 0.717) is 12.3 Å². The SMILES string of the molecule is O=S(=O)(NC1CC2CCC1C2)C(F)(F)F. The fraction of sp³-hybridized carbons (Fsp3) is 1.00. The van der Waals surface area contributed by atoms with Crippen molar-refractivity contribution in [3.63, 3.8) is 0 Å². The van der Waals surface area contributed by atoms with E-state index in [4.69, 9.17) is 0 Å². The van der Waals surface area contributed by atoms with Gasteiger partial charge in [-0.15, -0.1) is 0 Å². The standard InChI is InChI=1S/C8H12F3NO2S/c9-8(10,11)15(13,14)12-7-4-5-1-2-6(7)3-5/h5-7,12H,1-4H2. The van der Waals surface area contributed by atoms with Gasteiger partial charge in [0.05, 0.1) is 0 Å². The summed E-state index contributed by atoms with van der Waals surface area (Å²) in [5.74, 6) is 0.517. The lowest BCUT2D eigenvalue weighted by molar-refractivity contribution is -0.0452. The van der Waals surface area contributed by atoms with E-state index < -0.39 is 21.6 Å². The Morgan fingerprint density at radius 3 is 2.20 bits per heavy atom. The first-order chi connectivity index (χ1) is 6.79. The maximum absolute atomic E-state index is 12.1. The van der Waals surface area contributed by atoms with Crippen LogP contribution in [0.25, 0.3) is 0 Å². The van der Waals surface area contributed by atoms with Crippen LogP contribution in [0.2, 0.25) is 0 Å². The average molecular weight is 243 g/mol. The van der Waals surface area contributed by atoms with E-state index in [1.54, 1.807) is 4.72 Å². The third-order valence-corrected chi connectivity index (χ3v) is 4.57. The molecule has 0 aromatic carbocycles. The molecular formula is C8H12F3NO2S. The highest BCUT2D eigenvalue weighted by Gasteiger charge is 2.50. The number of rotatable bonds is 2. The van der Waals surface area contributed by atoms with E-state index in [1.807, 2.05) is 0 Å². The first-order valence-electron chi connectivity index (χ1n) is 4.88. The Bertz CT molecular complexity index is 351. The van der Waals surface area contributed by atoms with E-state index in [2.05, 4.69) is 0 Å². The maximum Gasteiger partial charge on any atom is 0.511 e. The van der Waals surface area contributed by atoms with Gasteiger partial charge in [0, 0.05) is 6.04 Å². The van der Waals surface area contributed by atoms with E-state index >= 15 is 0 Å². The summed E-state index contributed by atoms with van der Waals surface area (Å²) in [6.45, 7) is 0. The van der Waals surface area contributed by atoms with Gasteiger partial charge in [-0.25, -0.2) is 13.1 Å². The van der Waals surface area contributed by atoms with Crippen molar-refractivity contribution in [3.05, 3.63) is 0 Å². The molecule has 2 fully saturated rings. The molecule has 0 radical (unpaired) electrons. The third kappa shape index (κ3) is 1.99. The zero-order valence-electron chi connectivity index (χ0n) is 7.92. The van der Waals surface area contributed by atoms with Crippen molar-refractivity contribution < 1.29 is 21.6 Å². The molecule has 3 nitrogen and oxygen atoms in total. The quantitative estimate of drug-likeness (QED) is 0.801. The second-order valence-corrected chi connectivity index (χ2v) is 6.05. The molecule has 88 valence electrons. The summed E-state index contributed by atoms with van der Waals surface area (Å²) in [4.78, 5) is 0. The minimum atomic E-state index is -5.19. The van der Waals surface area contributed by atoms with Crippen molar-refractivity contribution in [2.45, 2.75) is 37.2 Å². The molecule has 0 saturated heterocycles. The van der Waals surface area contributed by atoms with Crippen LogP contribution in [0.4, 0.5) is 13.2 Å². The van der Waals surface area contributed by atoms with Crippen molar-refractivity contribution in [1.29, 1.82) is 0 Å². The highest BCUT2D eigenvalue weighted by Crippen LogP contribution is 2.45. The molecule has 7 heteroatoms. The van der Waals surface area contributed by atoms with Crippen molar-refractivity contribution in [2.75, 3.05) is 0 Å². The minimum absolute atomic E-state index is 0.104. The molecule has 3 unspecified atom stereocenters. The first-order valence-corrected chi connectivity index (χ1v) is 6.36. The van der Waals surface area contributed by atoms with E-state index in [9.17, 15) is 21.6 Å². The number of nitrogens with one attached hydrogen (secondary N) is 1. The molecule has 0 heterocycles. The van der Waals surface area contributed by atoms with Gasteiger partial charge in [-0.3, -0.25) is 0 Å². The average Bonchev–Trinajstić information content (AvgIpc) is 2.61. The van der Waals surface area contributed by atoms with Crippen LogP contribution in [0.15, 0.2) is 0 Å². The number of hydrogen-bond donors (Lipinski definition) is 1. The van der Waals surface area contributed by atoms with E-state index in [1.165, 1.54) is 0 Å². The predicted octanol–water partition coefficient (Wildman–Crippen LogP) is 1.61. The molecule has 0 aromatic rings. The summed E-state index contributed by atoms with van der Waals surface area (Å²) < 4.78 is 59.7. The van der Waals surface area contributed by atoms with Gasteiger partial charge in [0.2, 0.25) is 0 Å². The van der Waals surface area contributed by atoms with Crippen LogP contribution in [0.5, 0.6) is 0 Å². The van der Waals surface area contributed by atoms with Gasteiger partial charge < -0.3 is 0 Å². The summed E-state index contributed by atoms with van der Waals surface area (Å²) in [7, 11) is -5.15. The maximum atomic E-state index is 12.1. The molecule has 2 bridgehead atoms. The Hall–Kier alpha value is -0.300. The second kappa shape index (κ2) is 3.35. The number of halogens is 3.